The average Bonchev–Trinajstić information content (AvgIpc) is 2.99. The smallest absolute Gasteiger partial charge is 0.240 e. The number of carbonyl (C=O) groups is 1. The number of nitrogens with zero attached hydrogens (tertiary/aromatic N) is 2. The van der Waals surface area contributed by atoms with E-state index in [0.717, 1.165) is 49.6 Å². The largest absolute Gasteiger partial charge is 0.383 e. The fourth-order valence-corrected chi connectivity index (χ4v) is 3.05. The van der Waals surface area contributed by atoms with Crippen LogP contribution in [0.25, 0.3) is 11.0 Å². The molecule has 1 saturated heterocycles. The highest BCUT2D eigenvalue weighted by Gasteiger charge is 2.17. The molecule has 1 aliphatic heterocycles. The number of amides is 1. The quantitative estimate of drug-likeness (QED) is 0.711. The van der Waals surface area contributed by atoms with Crippen LogP contribution in [0.3, 0.4) is 0 Å². The van der Waals surface area contributed by atoms with Gasteiger partial charge < -0.3 is 24.7 Å². The fourth-order valence-electron chi connectivity index (χ4n) is 3.05. The molecule has 0 bridgehead atoms. The Labute approximate surface area is 147 Å². The van der Waals surface area contributed by atoms with Gasteiger partial charge in [0.05, 0.1) is 17.6 Å². The summed E-state index contributed by atoms with van der Waals surface area (Å²) in [4.78, 5) is 16.9. The Morgan fingerprint density at radius 3 is 2.96 bits per heavy atom. The molecule has 0 unspecified atom stereocenters. The fraction of sp³-hybridized carbons (Fsp3) is 0.556. The molecule has 7 nitrogen and oxygen atoms in total. The van der Waals surface area contributed by atoms with Crippen LogP contribution in [0.2, 0.25) is 0 Å². The Bertz CT molecular complexity index is 695. The lowest BCUT2D eigenvalue weighted by molar-refractivity contribution is -0.121. The lowest BCUT2D eigenvalue weighted by Gasteiger charge is -2.22. The van der Waals surface area contributed by atoms with Gasteiger partial charge in [0, 0.05) is 33.4 Å². The molecule has 136 valence electrons. The molecule has 2 N–H and O–H groups in total. The minimum atomic E-state index is -0.0469. The Balaban J connectivity index is 1.71. The van der Waals surface area contributed by atoms with Crippen LogP contribution >= 0.6 is 0 Å². The highest BCUT2D eigenvalue weighted by Crippen LogP contribution is 2.21. The number of rotatable bonds is 8. The van der Waals surface area contributed by atoms with E-state index >= 15 is 0 Å². The zero-order valence-corrected chi connectivity index (χ0v) is 14.7. The van der Waals surface area contributed by atoms with E-state index in [1.807, 2.05) is 28.8 Å². The van der Waals surface area contributed by atoms with E-state index in [2.05, 4.69) is 15.6 Å². The van der Waals surface area contributed by atoms with E-state index in [0.29, 0.717) is 19.1 Å². The predicted octanol–water partition coefficient (Wildman–Crippen LogP) is 1.64. The number of hydrogen-bond acceptors (Lipinski definition) is 5. The monoisotopic (exact) mass is 346 g/mol. The molecule has 0 spiro atoms. The maximum atomic E-state index is 12.2. The number of carbonyl (C=O) groups excluding carboxylic acids is 1. The molecule has 1 aromatic heterocycles. The van der Waals surface area contributed by atoms with Gasteiger partial charge >= 0.3 is 0 Å². The topological polar surface area (TPSA) is 77.4 Å². The maximum Gasteiger partial charge on any atom is 0.240 e. The van der Waals surface area contributed by atoms with E-state index in [4.69, 9.17) is 9.47 Å². The molecule has 1 aromatic carbocycles. The summed E-state index contributed by atoms with van der Waals surface area (Å²) < 4.78 is 12.3. The van der Waals surface area contributed by atoms with Crippen LogP contribution in [0.4, 0.5) is 5.95 Å². The van der Waals surface area contributed by atoms with Gasteiger partial charge in [-0.1, -0.05) is 12.1 Å². The second kappa shape index (κ2) is 8.82. The third-order valence-corrected chi connectivity index (χ3v) is 4.47. The third kappa shape index (κ3) is 4.70. The molecule has 0 radical (unpaired) electrons. The van der Waals surface area contributed by atoms with Crippen molar-refractivity contribution >= 4 is 22.9 Å². The molecular formula is C18H26N4O3. The molecule has 3 rings (SSSR count). The van der Waals surface area contributed by atoms with Gasteiger partial charge in [-0.05, 0) is 30.9 Å². The average molecular weight is 346 g/mol. The summed E-state index contributed by atoms with van der Waals surface area (Å²) in [5.41, 5.74) is 1.85. The zero-order valence-electron chi connectivity index (χ0n) is 14.7. The molecule has 0 aliphatic carbocycles. The summed E-state index contributed by atoms with van der Waals surface area (Å²) in [6, 6.07) is 7.88. The lowest BCUT2D eigenvalue weighted by atomic mass is 10.0. The van der Waals surface area contributed by atoms with Crippen LogP contribution in [0.5, 0.6) is 0 Å². The Morgan fingerprint density at radius 2 is 2.16 bits per heavy atom. The first-order chi connectivity index (χ1) is 12.3. The van der Waals surface area contributed by atoms with E-state index in [9.17, 15) is 4.79 Å². The molecule has 1 fully saturated rings. The number of aromatic nitrogens is 2. The lowest BCUT2D eigenvalue weighted by Crippen LogP contribution is -2.31. The molecule has 2 aromatic rings. The number of nitrogens with one attached hydrogen (secondary N) is 2. The number of fused-ring (bicyclic) bond motifs is 1. The van der Waals surface area contributed by atoms with Crippen molar-refractivity contribution in [2.24, 2.45) is 5.92 Å². The number of methoxy groups -OCH3 is 1. The van der Waals surface area contributed by atoms with Crippen LogP contribution in [-0.4, -0.2) is 55.5 Å². The summed E-state index contributed by atoms with van der Waals surface area (Å²) in [5.74, 6) is 1.28. The molecule has 0 atom stereocenters. The minimum Gasteiger partial charge on any atom is -0.383 e. The van der Waals surface area contributed by atoms with Gasteiger partial charge in [0.25, 0.3) is 0 Å². The van der Waals surface area contributed by atoms with Crippen molar-refractivity contribution in [3.05, 3.63) is 24.3 Å². The van der Waals surface area contributed by atoms with Gasteiger partial charge in [-0.2, -0.15) is 0 Å². The second-order valence-corrected chi connectivity index (χ2v) is 6.29. The van der Waals surface area contributed by atoms with Gasteiger partial charge in [-0.15, -0.1) is 0 Å². The molecule has 7 heteroatoms. The molecular weight excluding hydrogens is 320 g/mol. The first-order valence-electron chi connectivity index (χ1n) is 8.80. The Morgan fingerprint density at radius 1 is 1.36 bits per heavy atom. The first kappa shape index (κ1) is 17.7. The van der Waals surface area contributed by atoms with Crippen molar-refractivity contribution in [1.82, 2.24) is 14.9 Å². The van der Waals surface area contributed by atoms with Crippen molar-refractivity contribution < 1.29 is 14.3 Å². The van der Waals surface area contributed by atoms with E-state index in [1.165, 1.54) is 0 Å². The second-order valence-electron chi connectivity index (χ2n) is 6.29. The van der Waals surface area contributed by atoms with Crippen molar-refractivity contribution in [1.29, 1.82) is 0 Å². The van der Waals surface area contributed by atoms with Gasteiger partial charge in [0.2, 0.25) is 11.9 Å². The molecule has 1 amide bonds. The van der Waals surface area contributed by atoms with E-state index < -0.39 is 0 Å². The predicted molar refractivity (Wildman–Crippen MR) is 96.7 cm³/mol. The standard InChI is InChI=1S/C18H26N4O3/c1-24-11-8-19-17(23)13-22-16-5-3-2-4-15(16)21-18(22)20-12-14-6-9-25-10-7-14/h2-5,14H,6-13H2,1H3,(H,19,23)(H,20,21). The molecule has 0 saturated carbocycles. The normalized spacial score (nSPS) is 15.4. The highest BCUT2D eigenvalue weighted by atomic mass is 16.5. The van der Waals surface area contributed by atoms with Gasteiger partial charge in [-0.3, -0.25) is 4.79 Å². The van der Waals surface area contributed by atoms with Crippen molar-refractivity contribution in [2.75, 3.05) is 45.3 Å². The highest BCUT2D eigenvalue weighted by molar-refractivity contribution is 5.83. The molecule has 1 aliphatic rings. The summed E-state index contributed by atoms with van der Waals surface area (Å²) in [5, 5.41) is 6.30. The Hall–Kier alpha value is -2.12. The van der Waals surface area contributed by atoms with E-state index in [-0.39, 0.29) is 12.5 Å². The number of hydrogen-bond donors (Lipinski definition) is 2. The van der Waals surface area contributed by atoms with Crippen molar-refractivity contribution in [3.63, 3.8) is 0 Å². The van der Waals surface area contributed by atoms with Gasteiger partial charge in [-0.25, -0.2) is 4.98 Å². The third-order valence-electron chi connectivity index (χ3n) is 4.47. The minimum absolute atomic E-state index is 0.0469. The number of imidazole rings is 1. The number of anilines is 1. The molecule has 25 heavy (non-hydrogen) atoms. The van der Waals surface area contributed by atoms with Crippen molar-refractivity contribution in [3.8, 4) is 0 Å². The number of para-hydroxylation sites is 2. The molecule has 2 heterocycles. The van der Waals surface area contributed by atoms with Crippen LogP contribution < -0.4 is 10.6 Å². The van der Waals surface area contributed by atoms with Gasteiger partial charge in [0.1, 0.15) is 6.54 Å². The van der Waals surface area contributed by atoms with Crippen molar-refractivity contribution in [2.45, 2.75) is 19.4 Å². The van der Waals surface area contributed by atoms with Crippen LogP contribution in [0, 0.1) is 5.92 Å². The SMILES string of the molecule is COCCNC(=O)Cn1c(NCC2CCOCC2)nc2ccccc21. The maximum absolute atomic E-state index is 12.2. The number of ether oxygens (including phenoxy) is 2. The van der Waals surface area contributed by atoms with E-state index in [1.54, 1.807) is 7.11 Å². The summed E-state index contributed by atoms with van der Waals surface area (Å²) >= 11 is 0. The zero-order chi connectivity index (χ0) is 17.5. The van der Waals surface area contributed by atoms with Gasteiger partial charge in [0.15, 0.2) is 0 Å². The number of benzene rings is 1. The first-order valence-corrected chi connectivity index (χ1v) is 8.80. The Kier molecular flexibility index (Phi) is 6.25. The van der Waals surface area contributed by atoms with Crippen LogP contribution in [0.15, 0.2) is 24.3 Å². The summed E-state index contributed by atoms with van der Waals surface area (Å²) in [7, 11) is 1.62. The van der Waals surface area contributed by atoms with Crippen LogP contribution in [-0.2, 0) is 20.8 Å². The van der Waals surface area contributed by atoms with Crippen LogP contribution in [0.1, 0.15) is 12.8 Å². The summed E-state index contributed by atoms with van der Waals surface area (Å²) in [6.07, 6.45) is 2.12. The summed E-state index contributed by atoms with van der Waals surface area (Å²) in [6.45, 7) is 3.74.